The van der Waals surface area contributed by atoms with E-state index in [0.717, 1.165) is 12.2 Å². The predicted molar refractivity (Wildman–Crippen MR) is 62.8 cm³/mol. The van der Waals surface area contributed by atoms with E-state index < -0.39 is 0 Å². The molecule has 0 unspecified atom stereocenters. The molecule has 0 radical (unpaired) electrons. The molecule has 1 aromatic heterocycles. The maximum absolute atomic E-state index is 12.9. The molecule has 0 spiro atoms. The van der Waals surface area contributed by atoms with Crippen LogP contribution in [0, 0.1) is 12.7 Å². The SMILES string of the molecule is Cc1ccc(CNc2cccc(F)c2)s1. The summed E-state index contributed by atoms with van der Waals surface area (Å²) in [4.78, 5) is 2.56. The van der Waals surface area contributed by atoms with Gasteiger partial charge in [-0.1, -0.05) is 6.07 Å². The van der Waals surface area contributed by atoms with Gasteiger partial charge in [-0.25, -0.2) is 4.39 Å². The minimum atomic E-state index is -0.206. The van der Waals surface area contributed by atoms with Crippen LogP contribution in [0.2, 0.25) is 0 Å². The van der Waals surface area contributed by atoms with E-state index >= 15 is 0 Å². The minimum Gasteiger partial charge on any atom is -0.380 e. The van der Waals surface area contributed by atoms with E-state index in [1.807, 2.05) is 6.07 Å². The standard InChI is InChI=1S/C12H12FNS/c1-9-5-6-12(15-9)8-14-11-4-2-3-10(13)7-11/h2-7,14H,8H2,1H3. The van der Waals surface area contributed by atoms with Crippen LogP contribution in [0.25, 0.3) is 0 Å². The molecule has 1 heterocycles. The highest BCUT2D eigenvalue weighted by Crippen LogP contribution is 2.17. The van der Waals surface area contributed by atoms with Crippen molar-refractivity contribution in [2.75, 3.05) is 5.32 Å². The van der Waals surface area contributed by atoms with Gasteiger partial charge in [0.2, 0.25) is 0 Å². The summed E-state index contributed by atoms with van der Waals surface area (Å²) in [6, 6.07) is 10.7. The zero-order valence-corrected chi connectivity index (χ0v) is 9.27. The lowest BCUT2D eigenvalue weighted by Crippen LogP contribution is -1.97. The summed E-state index contributed by atoms with van der Waals surface area (Å²) in [7, 11) is 0. The highest BCUT2D eigenvalue weighted by atomic mass is 32.1. The van der Waals surface area contributed by atoms with Gasteiger partial charge in [-0.05, 0) is 37.3 Å². The van der Waals surface area contributed by atoms with Gasteiger partial charge in [-0.15, -0.1) is 11.3 Å². The normalized spacial score (nSPS) is 10.3. The topological polar surface area (TPSA) is 12.0 Å². The molecule has 1 N–H and O–H groups in total. The molecule has 0 bridgehead atoms. The number of halogens is 1. The number of thiophene rings is 1. The fourth-order valence-corrected chi connectivity index (χ4v) is 2.20. The van der Waals surface area contributed by atoms with Crippen LogP contribution >= 0.6 is 11.3 Å². The molecular weight excluding hydrogens is 209 g/mol. The molecular formula is C12H12FNS. The number of rotatable bonds is 3. The number of benzene rings is 1. The predicted octanol–water partition coefficient (Wildman–Crippen LogP) is 3.81. The van der Waals surface area contributed by atoms with E-state index in [0.29, 0.717) is 0 Å². The van der Waals surface area contributed by atoms with Crippen molar-refractivity contribution in [2.45, 2.75) is 13.5 Å². The van der Waals surface area contributed by atoms with Crippen LogP contribution in [0.15, 0.2) is 36.4 Å². The van der Waals surface area contributed by atoms with Crippen molar-refractivity contribution < 1.29 is 4.39 Å². The van der Waals surface area contributed by atoms with Gasteiger partial charge in [0.25, 0.3) is 0 Å². The van der Waals surface area contributed by atoms with Crippen LogP contribution in [-0.2, 0) is 6.54 Å². The lowest BCUT2D eigenvalue weighted by molar-refractivity contribution is 0.628. The van der Waals surface area contributed by atoms with Crippen molar-refractivity contribution in [1.82, 2.24) is 0 Å². The molecule has 1 nitrogen and oxygen atoms in total. The molecule has 0 fully saturated rings. The highest BCUT2D eigenvalue weighted by molar-refractivity contribution is 7.11. The third-order valence-corrected chi connectivity index (χ3v) is 3.09. The average Bonchev–Trinajstić information content (AvgIpc) is 2.62. The van der Waals surface area contributed by atoms with E-state index in [9.17, 15) is 4.39 Å². The molecule has 0 saturated carbocycles. The van der Waals surface area contributed by atoms with Crippen molar-refractivity contribution in [3.05, 3.63) is 52.0 Å². The second-order valence-corrected chi connectivity index (χ2v) is 4.75. The molecule has 0 saturated heterocycles. The fourth-order valence-electron chi connectivity index (χ4n) is 1.37. The van der Waals surface area contributed by atoms with Crippen molar-refractivity contribution in [3.8, 4) is 0 Å². The van der Waals surface area contributed by atoms with Crippen molar-refractivity contribution >= 4 is 17.0 Å². The lowest BCUT2D eigenvalue weighted by atomic mass is 10.3. The molecule has 0 aliphatic carbocycles. The number of hydrogen-bond acceptors (Lipinski definition) is 2. The molecule has 2 aromatic rings. The Hall–Kier alpha value is -1.35. The third kappa shape index (κ3) is 2.80. The van der Waals surface area contributed by atoms with Crippen molar-refractivity contribution in [3.63, 3.8) is 0 Å². The second kappa shape index (κ2) is 4.45. The molecule has 0 atom stereocenters. The molecule has 0 amide bonds. The summed E-state index contributed by atoms with van der Waals surface area (Å²) in [6.45, 7) is 2.83. The monoisotopic (exact) mass is 221 g/mol. The first kappa shape index (κ1) is 10.2. The van der Waals surface area contributed by atoms with Crippen LogP contribution in [-0.4, -0.2) is 0 Å². The van der Waals surface area contributed by atoms with Crippen LogP contribution < -0.4 is 5.32 Å². The smallest absolute Gasteiger partial charge is 0.125 e. The summed E-state index contributed by atoms with van der Waals surface area (Å²) < 4.78 is 12.9. The number of anilines is 1. The second-order valence-electron chi connectivity index (χ2n) is 3.38. The Morgan fingerprint density at radius 3 is 2.80 bits per heavy atom. The van der Waals surface area contributed by atoms with Gasteiger partial charge in [0.1, 0.15) is 5.82 Å². The maximum atomic E-state index is 12.9. The molecule has 1 aromatic carbocycles. The van der Waals surface area contributed by atoms with E-state index in [4.69, 9.17) is 0 Å². The van der Waals surface area contributed by atoms with E-state index in [1.165, 1.54) is 21.9 Å². The molecule has 3 heteroatoms. The quantitative estimate of drug-likeness (QED) is 0.831. The summed E-state index contributed by atoms with van der Waals surface area (Å²) in [5, 5.41) is 3.19. The van der Waals surface area contributed by atoms with E-state index in [1.54, 1.807) is 17.4 Å². The molecule has 15 heavy (non-hydrogen) atoms. The third-order valence-electron chi connectivity index (χ3n) is 2.09. The Labute approximate surface area is 92.6 Å². The summed E-state index contributed by atoms with van der Waals surface area (Å²) in [5.41, 5.74) is 0.820. The van der Waals surface area contributed by atoms with Gasteiger partial charge in [0.15, 0.2) is 0 Å². The lowest BCUT2D eigenvalue weighted by Gasteiger charge is -2.04. The summed E-state index contributed by atoms with van der Waals surface area (Å²) >= 11 is 1.75. The number of nitrogens with one attached hydrogen (secondary N) is 1. The van der Waals surface area contributed by atoms with Crippen LogP contribution in [0.3, 0.4) is 0 Å². The average molecular weight is 221 g/mol. The molecule has 78 valence electrons. The van der Waals surface area contributed by atoms with Crippen LogP contribution in [0.1, 0.15) is 9.75 Å². The Morgan fingerprint density at radius 1 is 1.27 bits per heavy atom. The zero-order chi connectivity index (χ0) is 10.7. The zero-order valence-electron chi connectivity index (χ0n) is 8.46. The Morgan fingerprint density at radius 2 is 2.13 bits per heavy atom. The highest BCUT2D eigenvalue weighted by Gasteiger charge is 1.97. The summed E-state index contributed by atoms with van der Waals surface area (Å²) in [6.07, 6.45) is 0. The first-order valence-electron chi connectivity index (χ1n) is 4.79. The van der Waals surface area contributed by atoms with Gasteiger partial charge in [-0.2, -0.15) is 0 Å². The fraction of sp³-hybridized carbons (Fsp3) is 0.167. The summed E-state index contributed by atoms with van der Waals surface area (Å²) in [5.74, 6) is -0.206. The van der Waals surface area contributed by atoms with Gasteiger partial charge < -0.3 is 5.32 Å². The van der Waals surface area contributed by atoms with Gasteiger partial charge in [0.05, 0.1) is 0 Å². The Kier molecular flexibility index (Phi) is 3.02. The molecule has 2 rings (SSSR count). The molecule has 0 aliphatic rings. The van der Waals surface area contributed by atoms with Crippen LogP contribution in [0.4, 0.5) is 10.1 Å². The van der Waals surface area contributed by atoms with E-state index in [2.05, 4.69) is 24.4 Å². The Bertz CT molecular complexity index is 450. The molecule has 0 aliphatic heterocycles. The van der Waals surface area contributed by atoms with Crippen molar-refractivity contribution in [2.24, 2.45) is 0 Å². The van der Waals surface area contributed by atoms with Gasteiger partial charge >= 0.3 is 0 Å². The maximum Gasteiger partial charge on any atom is 0.125 e. The van der Waals surface area contributed by atoms with Crippen LogP contribution in [0.5, 0.6) is 0 Å². The first-order valence-corrected chi connectivity index (χ1v) is 5.60. The van der Waals surface area contributed by atoms with Gasteiger partial charge in [0, 0.05) is 22.0 Å². The van der Waals surface area contributed by atoms with Gasteiger partial charge in [-0.3, -0.25) is 0 Å². The number of aryl methyl sites for hydroxylation is 1. The minimum absolute atomic E-state index is 0.206. The Balaban J connectivity index is 1.99. The van der Waals surface area contributed by atoms with E-state index in [-0.39, 0.29) is 5.82 Å². The number of hydrogen-bond donors (Lipinski definition) is 1. The largest absolute Gasteiger partial charge is 0.380 e. The first-order chi connectivity index (χ1) is 7.24. The van der Waals surface area contributed by atoms with Crippen molar-refractivity contribution in [1.29, 1.82) is 0 Å².